The van der Waals surface area contributed by atoms with Crippen LogP contribution in [0.5, 0.6) is 17.2 Å². The van der Waals surface area contributed by atoms with E-state index >= 15 is 0 Å². The molecule has 31 heavy (non-hydrogen) atoms. The van der Waals surface area contributed by atoms with Gasteiger partial charge in [-0.3, -0.25) is 0 Å². The third-order valence-corrected chi connectivity index (χ3v) is 5.50. The maximum Gasteiger partial charge on any atom is 0.175 e. The quantitative estimate of drug-likeness (QED) is 0.335. The van der Waals surface area contributed by atoms with E-state index in [2.05, 4.69) is 70.6 Å². The molecule has 0 aromatic heterocycles. The van der Waals surface area contributed by atoms with Gasteiger partial charge < -0.3 is 19.5 Å². The summed E-state index contributed by atoms with van der Waals surface area (Å²) in [7, 11) is 1.68. The molecule has 0 spiro atoms. The zero-order valence-electron chi connectivity index (χ0n) is 18.4. The summed E-state index contributed by atoms with van der Waals surface area (Å²) in [6, 6.07) is 20.7. The topological polar surface area (TPSA) is 39.7 Å². The predicted molar refractivity (Wildman–Crippen MR) is 129 cm³/mol. The van der Waals surface area contributed by atoms with Crippen molar-refractivity contribution in [2.24, 2.45) is 0 Å². The Bertz CT molecular complexity index is 973. The molecule has 0 aliphatic rings. The zero-order valence-corrected chi connectivity index (χ0v) is 20.0. The van der Waals surface area contributed by atoms with Crippen LogP contribution in [-0.4, -0.2) is 20.3 Å². The van der Waals surface area contributed by atoms with Crippen LogP contribution >= 0.6 is 15.9 Å². The molecule has 0 atom stereocenters. The summed E-state index contributed by atoms with van der Waals surface area (Å²) < 4.78 is 18.1. The number of hydrogen-bond acceptors (Lipinski definition) is 4. The Morgan fingerprint density at radius 1 is 0.903 bits per heavy atom. The van der Waals surface area contributed by atoms with E-state index in [1.807, 2.05) is 25.1 Å². The molecule has 0 fully saturated rings. The fourth-order valence-corrected chi connectivity index (χ4v) is 3.95. The van der Waals surface area contributed by atoms with Gasteiger partial charge in [0.1, 0.15) is 12.4 Å². The van der Waals surface area contributed by atoms with Gasteiger partial charge in [-0.05, 0) is 83.7 Å². The standard InChI is InChI=1S/C26H30BrNO3/c1-4-30-25-16-22(17-28-13-12-20-8-10-23(29-3)11-9-20)15-24(27)26(25)31-18-21-7-5-6-19(2)14-21/h5-11,14-16,28H,4,12-13,17-18H2,1-3H3. The van der Waals surface area contributed by atoms with Crippen molar-refractivity contribution in [1.29, 1.82) is 0 Å². The molecule has 5 heteroatoms. The van der Waals surface area contributed by atoms with Gasteiger partial charge in [-0.25, -0.2) is 0 Å². The van der Waals surface area contributed by atoms with Crippen molar-refractivity contribution in [3.05, 3.63) is 87.4 Å². The molecule has 1 N–H and O–H groups in total. The van der Waals surface area contributed by atoms with Crippen LogP contribution in [0.2, 0.25) is 0 Å². The number of nitrogens with one attached hydrogen (secondary N) is 1. The molecule has 4 nitrogen and oxygen atoms in total. The number of methoxy groups -OCH3 is 1. The first-order valence-electron chi connectivity index (χ1n) is 10.6. The lowest BCUT2D eigenvalue weighted by atomic mass is 10.1. The summed E-state index contributed by atoms with van der Waals surface area (Å²) in [6.45, 7) is 6.80. The van der Waals surface area contributed by atoms with Gasteiger partial charge in [0.15, 0.2) is 11.5 Å². The van der Waals surface area contributed by atoms with Gasteiger partial charge in [0.05, 0.1) is 18.2 Å². The van der Waals surface area contributed by atoms with Gasteiger partial charge >= 0.3 is 0 Å². The average molecular weight is 484 g/mol. The zero-order chi connectivity index (χ0) is 22.1. The molecule has 164 valence electrons. The second-order valence-electron chi connectivity index (χ2n) is 7.39. The molecule has 0 aliphatic heterocycles. The Hall–Kier alpha value is -2.50. The van der Waals surface area contributed by atoms with Gasteiger partial charge in [0.2, 0.25) is 0 Å². The van der Waals surface area contributed by atoms with Crippen LogP contribution in [0.25, 0.3) is 0 Å². The Balaban J connectivity index is 1.59. The molecule has 0 aliphatic carbocycles. The third kappa shape index (κ3) is 7.01. The van der Waals surface area contributed by atoms with Crippen LogP contribution in [0.3, 0.4) is 0 Å². The van der Waals surface area contributed by atoms with E-state index in [1.54, 1.807) is 7.11 Å². The van der Waals surface area contributed by atoms with Gasteiger partial charge in [0, 0.05) is 6.54 Å². The Morgan fingerprint density at radius 2 is 1.71 bits per heavy atom. The van der Waals surface area contributed by atoms with Crippen LogP contribution in [0.1, 0.15) is 29.2 Å². The van der Waals surface area contributed by atoms with E-state index in [1.165, 1.54) is 11.1 Å². The lowest BCUT2D eigenvalue weighted by Crippen LogP contribution is -2.17. The number of ether oxygens (including phenoxy) is 3. The van der Waals surface area contributed by atoms with Crippen LogP contribution < -0.4 is 19.5 Å². The van der Waals surface area contributed by atoms with Crippen LogP contribution in [-0.2, 0) is 19.6 Å². The molecule has 0 saturated carbocycles. The first kappa shape index (κ1) is 23.2. The maximum absolute atomic E-state index is 6.12. The van der Waals surface area contributed by atoms with E-state index in [0.717, 1.165) is 52.4 Å². The van der Waals surface area contributed by atoms with Gasteiger partial charge in [-0.1, -0.05) is 42.0 Å². The lowest BCUT2D eigenvalue weighted by molar-refractivity contribution is 0.267. The number of rotatable bonds is 11. The van der Waals surface area contributed by atoms with Crippen molar-refractivity contribution >= 4 is 15.9 Å². The largest absolute Gasteiger partial charge is 0.497 e. The molecule has 0 radical (unpaired) electrons. The monoisotopic (exact) mass is 483 g/mol. The molecule has 3 rings (SSSR count). The van der Waals surface area contributed by atoms with Crippen molar-refractivity contribution < 1.29 is 14.2 Å². The summed E-state index contributed by atoms with van der Waals surface area (Å²) in [5.41, 5.74) is 4.79. The van der Waals surface area contributed by atoms with Crippen molar-refractivity contribution in [3.63, 3.8) is 0 Å². The second kappa shape index (κ2) is 11.8. The summed E-state index contributed by atoms with van der Waals surface area (Å²) >= 11 is 3.67. The first-order valence-corrected chi connectivity index (χ1v) is 11.4. The number of hydrogen-bond donors (Lipinski definition) is 1. The predicted octanol–water partition coefficient (Wildman–Crippen LogP) is 6.08. The van der Waals surface area contributed by atoms with E-state index in [0.29, 0.717) is 13.2 Å². The molecular weight excluding hydrogens is 454 g/mol. The number of benzene rings is 3. The summed E-state index contributed by atoms with van der Waals surface area (Å²) in [4.78, 5) is 0. The van der Waals surface area contributed by atoms with E-state index in [4.69, 9.17) is 14.2 Å². The highest BCUT2D eigenvalue weighted by Crippen LogP contribution is 2.37. The Labute approximate surface area is 193 Å². The molecule has 0 unspecified atom stereocenters. The van der Waals surface area contributed by atoms with Crippen molar-refractivity contribution in [1.82, 2.24) is 5.32 Å². The van der Waals surface area contributed by atoms with Crippen LogP contribution in [0, 0.1) is 6.92 Å². The van der Waals surface area contributed by atoms with E-state index in [9.17, 15) is 0 Å². The minimum atomic E-state index is 0.500. The number of aryl methyl sites for hydroxylation is 1. The summed E-state index contributed by atoms with van der Waals surface area (Å²) in [6.07, 6.45) is 0.959. The Morgan fingerprint density at radius 3 is 2.42 bits per heavy atom. The minimum absolute atomic E-state index is 0.500. The van der Waals surface area contributed by atoms with Gasteiger partial charge in [0.25, 0.3) is 0 Å². The van der Waals surface area contributed by atoms with Crippen LogP contribution in [0.4, 0.5) is 0 Å². The van der Waals surface area contributed by atoms with Crippen LogP contribution in [0.15, 0.2) is 65.1 Å². The highest BCUT2D eigenvalue weighted by Gasteiger charge is 2.13. The van der Waals surface area contributed by atoms with Crippen molar-refractivity contribution in [2.75, 3.05) is 20.3 Å². The maximum atomic E-state index is 6.12. The molecule has 0 saturated heterocycles. The normalized spacial score (nSPS) is 10.7. The highest BCUT2D eigenvalue weighted by atomic mass is 79.9. The van der Waals surface area contributed by atoms with E-state index < -0.39 is 0 Å². The SMILES string of the molecule is CCOc1cc(CNCCc2ccc(OC)cc2)cc(Br)c1OCc1cccc(C)c1. The Kier molecular flexibility index (Phi) is 8.80. The second-order valence-corrected chi connectivity index (χ2v) is 8.24. The molecular formula is C26H30BrNO3. The molecule has 0 bridgehead atoms. The minimum Gasteiger partial charge on any atom is -0.497 e. The third-order valence-electron chi connectivity index (χ3n) is 4.91. The van der Waals surface area contributed by atoms with Crippen molar-refractivity contribution in [2.45, 2.75) is 33.4 Å². The highest BCUT2D eigenvalue weighted by molar-refractivity contribution is 9.10. The van der Waals surface area contributed by atoms with Crippen molar-refractivity contribution in [3.8, 4) is 17.2 Å². The first-order chi connectivity index (χ1) is 15.1. The average Bonchev–Trinajstić information content (AvgIpc) is 2.77. The fourth-order valence-electron chi connectivity index (χ4n) is 3.34. The smallest absolute Gasteiger partial charge is 0.175 e. The number of halogens is 1. The lowest BCUT2D eigenvalue weighted by Gasteiger charge is -2.16. The summed E-state index contributed by atoms with van der Waals surface area (Å²) in [5, 5.41) is 3.51. The molecule has 0 heterocycles. The molecule has 3 aromatic rings. The molecule has 3 aromatic carbocycles. The van der Waals surface area contributed by atoms with Gasteiger partial charge in [-0.15, -0.1) is 0 Å². The van der Waals surface area contributed by atoms with Gasteiger partial charge in [-0.2, -0.15) is 0 Å². The molecule has 0 amide bonds. The summed E-state index contributed by atoms with van der Waals surface area (Å²) in [5.74, 6) is 2.39. The fraction of sp³-hybridized carbons (Fsp3) is 0.308. The van der Waals surface area contributed by atoms with E-state index in [-0.39, 0.29) is 0 Å².